The van der Waals surface area contributed by atoms with Gasteiger partial charge in [-0.25, -0.2) is 0 Å². The third kappa shape index (κ3) is 3.91. The number of esters is 1. The Balaban J connectivity index is 1.32. The Labute approximate surface area is 200 Å². The molecule has 0 radical (unpaired) electrons. The van der Waals surface area contributed by atoms with Crippen molar-refractivity contribution in [2.45, 2.75) is 37.9 Å². The number of amides is 1. The highest BCUT2D eigenvalue weighted by Gasteiger charge is 2.58. The predicted molar refractivity (Wildman–Crippen MR) is 126 cm³/mol. The maximum atomic E-state index is 13.8. The molecule has 0 aromatic heterocycles. The average molecular weight is 466 g/mol. The zero-order chi connectivity index (χ0) is 23.8. The molecule has 2 aromatic rings. The van der Waals surface area contributed by atoms with Crippen molar-refractivity contribution >= 4 is 17.6 Å². The summed E-state index contributed by atoms with van der Waals surface area (Å²) in [6, 6.07) is 17.9. The van der Waals surface area contributed by atoms with Crippen LogP contribution in [0.5, 0.6) is 0 Å². The number of para-hydroxylation sites is 1. The first kappa shape index (κ1) is 23.0. The second kappa shape index (κ2) is 9.13. The first-order valence-electron chi connectivity index (χ1n) is 12.2. The quantitative estimate of drug-likeness (QED) is 0.685. The van der Waals surface area contributed by atoms with E-state index in [2.05, 4.69) is 19.1 Å². The number of nitrogens with one attached hydrogen (secondary N) is 1. The number of likely N-dealkylation sites (tertiary alicyclic amines) is 1. The van der Waals surface area contributed by atoms with Crippen molar-refractivity contribution in [1.29, 1.82) is 0 Å². The van der Waals surface area contributed by atoms with Crippen LogP contribution in [0.3, 0.4) is 0 Å². The molecule has 7 heteroatoms. The number of benzene rings is 2. The number of nitrogens with zero attached hydrogens (tertiary/aromatic N) is 1. The standard InChI is InChI=1S/C27H32N2O5/c1-3-32-24(30)20-13-15-28(16-14-20)19-29-23-12-8-7-11-22(23)27(25(29)31)33-17-26(2,18-34-27)21-9-5-4-6-10-21/h4-12,20H,3,13-19H2,1-2H3/p+1. The molecule has 0 saturated carbocycles. The summed E-state index contributed by atoms with van der Waals surface area (Å²) in [6.07, 6.45) is 1.54. The van der Waals surface area contributed by atoms with Gasteiger partial charge in [0.25, 0.3) is 11.7 Å². The molecule has 2 aromatic carbocycles. The van der Waals surface area contributed by atoms with Crippen molar-refractivity contribution in [3.8, 4) is 0 Å². The molecule has 0 aliphatic carbocycles. The molecule has 3 heterocycles. The highest BCUT2D eigenvalue weighted by molar-refractivity contribution is 6.06. The van der Waals surface area contributed by atoms with E-state index < -0.39 is 5.79 Å². The van der Waals surface area contributed by atoms with Crippen LogP contribution in [0.1, 0.15) is 37.8 Å². The minimum atomic E-state index is -1.40. The normalized spacial score (nSPS) is 30.9. The molecule has 5 rings (SSSR count). The van der Waals surface area contributed by atoms with E-state index in [1.807, 2.05) is 49.4 Å². The van der Waals surface area contributed by atoms with Gasteiger partial charge in [0.1, 0.15) is 0 Å². The number of quaternary nitrogens is 1. The van der Waals surface area contributed by atoms with Crippen molar-refractivity contribution in [1.82, 2.24) is 0 Å². The number of rotatable bonds is 5. The van der Waals surface area contributed by atoms with Crippen LogP contribution in [-0.4, -0.2) is 51.5 Å². The van der Waals surface area contributed by atoms with Gasteiger partial charge in [-0.05, 0) is 18.6 Å². The molecule has 34 heavy (non-hydrogen) atoms. The third-order valence-corrected chi connectivity index (χ3v) is 7.43. The number of fused-ring (bicyclic) bond motifs is 2. The van der Waals surface area contributed by atoms with Crippen LogP contribution in [0, 0.1) is 5.92 Å². The summed E-state index contributed by atoms with van der Waals surface area (Å²) in [5.74, 6) is -1.71. The number of carbonyl (C=O) groups is 2. The SMILES string of the molecule is CCOC(=O)C1CC[NH+](CN2C(=O)C3(OCC(C)(c4ccccc4)CO3)c3ccccc32)CC1. The molecule has 3 aliphatic heterocycles. The Bertz CT molecular complexity index is 1040. The molecule has 2 fully saturated rings. The number of ether oxygens (including phenoxy) is 3. The summed E-state index contributed by atoms with van der Waals surface area (Å²) >= 11 is 0. The number of carbonyl (C=O) groups excluding carboxylic acids is 2. The monoisotopic (exact) mass is 465 g/mol. The number of piperidine rings is 1. The van der Waals surface area contributed by atoms with Gasteiger partial charge >= 0.3 is 5.97 Å². The Kier molecular flexibility index (Phi) is 6.18. The van der Waals surface area contributed by atoms with E-state index in [1.54, 1.807) is 4.90 Å². The first-order chi connectivity index (χ1) is 16.5. The molecule has 3 aliphatic rings. The number of hydrogen-bond donors (Lipinski definition) is 1. The Morgan fingerprint density at radius 2 is 1.71 bits per heavy atom. The van der Waals surface area contributed by atoms with Crippen molar-refractivity contribution in [3.05, 3.63) is 65.7 Å². The fourth-order valence-electron chi connectivity index (χ4n) is 5.34. The molecular formula is C27H33N2O5+. The molecule has 1 spiro atoms. The molecule has 2 saturated heterocycles. The maximum Gasteiger partial charge on any atom is 0.309 e. The first-order valence-corrected chi connectivity index (χ1v) is 12.2. The highest BCUT2D eigenvalue weighted by Crippen LogP contribution is 2.47. The van der Waals surface area contributed by atoms with Crippen molar-refractivity contribution in [2.24, 2.45) is 5.92 Å². The van der Waals surface area contributed by atoms with Crippen LogP contribution < -0.4 is 9.80 Å². The van der Waals surface area contributed by atoms with Crippen LogP contribution in [-0.2, 0) is 35.0 Å². The topological polar surface area (TPSA) is 69.5 Å². The molecular weight excluding hydrogens is 432 g/mol. The van der Waals surface area contributed by atoms with Gasteiger partial charge in [-0.1, -0.05) is 55.5 Å². The van der Waals surface area contributed by atoms with Crippen LogP contribution in [0.15, 0.2) is 54.6 Å². The molecule has 180 valence electrons. The zero-order valence-electron chi connectivity index (χ0n) is 19.9. The van der Waals surface area contributed by atoms with E-state index in [-0.39, 0.29) is 23.2 Å². The lowest BCUT2D eigenvalue weighted by atomic mass is 9.83. The van der Waals surface area contributed by atoms with Gasteiger partial charge < -0.3 is 19.1 Å². The Morgan fingerprint density at radius 3 is 2.38 bits per heavy atom. The Morgan fingerprint density at radius 1 is 1.06 bits per heavy atom. The summed E-state index contributed by atoms with van der Waals surface area (Å²) in [7, 11) is 0. The van der Waals surface area contributed by atoms with Gasteiger partial charge in [-0.3, -0.25) is 14.5 Å². The van der Waals surface area contributed by atoms with Crippen LogP contribution in [0.4, 0.5) is 5.69 Å². The lowest BCUT2D eigenvalue weighted by Gasteiger charge is -2.42. The van der Waals surface area contributed by atoms with Gasteiger partial charge in [-0.15, -0.1) is 0 Å². The highest BCUT2D eigenvalue weighted by atomic mass is 16.7. The van der Waals surface area contributed by atoms with Gasteiger partial charge in [0, 0.05) is 23.8 Å². The second-order valence-corrected chi connectivity index (χ2v) is 9.81. The van der Waals surface area contributed by atoms with E-state index in [9.17, 15) is 9.59 Å². The summed E-state index contributed by atoms with van der Waals surface area (Å²) in [4.78, 5) is 29.0. The molecule has 0 atom stereocenters. The van der Waals surface area contributed by atoms with Gasteiger partial charge in [0.2, 0.25) is 0 Å². The number of anilines is 1. The average Bonchev–Trinajstić information content (AvgIpc) is 3.10. The molecule has 7 nitrogen and oxygen atoms in total. The zero-order valence-corrected chi connectivity index (χ0v) is 19.9. The van der Waals surface area contributed by atoms with E-state index in [4.69, 9.17) is 14.2 Å². The lowest BCUT2D eigenvalue weighted by Crippen LogP contribution is -3.14. The van der Waals surface area contributed by atoms with Crippen molar-refractivity contribution in [2.75, 3.05) is 44.5 Å². The molecule has 0 bridgehead atoms. The fraction of sp³-hybridized carbons (Fsp3) is 0.481. The summed E-state index contributed by atoms with van der Waals surface area (Å²) in [5.41, 5.74) is 2.43. The maximum absolute atomic E-state index is 13.8. The predicted octanol–water partition coefficient (Wildman–Crippen LogP) is 2.01. The number of hydrogen-bond acceptors (Lipinski definition) is 5. The van der Waals surface area contributed by atoms with Crippen LogP contribution >= 0.6 is 0 Å². The Hall–Kier alpha value is -2.74. The third-order valence-electron chi connectivity index (χ3n) is 7.43. The van der Waals surface area contributed by atoms with E-state index in [0.29, 0.717) is 26.5 Å². The van der Waals surface area contributed by atoms with Crippen LogP contribution in [0.25, 0.3) is 0 Å². The van der Waals surface area contributed by atoms with Crippen molar-refractivity contribution in [3.63, 3.8) is 0 Å². The molecule has 1 N–H and O–H groups in total. The summed E-state index contributed by atoms with van der Waals surface area (Å²) in [5, 5.41) is 0. The smallest absolute Gasteiger partial charge is 0.309 e. The minimum Gasteiger partial charge on any atom is -0.466 e. The fourth-order valence-corrected chi connectivity index (χ4v) is 5.34. The lowest BCUT2D eigenvalue weighted by molar-refractivity contribution is -0.904. The van der Waals surface area contributed by atoms with Gasteiger partial charge in [0.15, 0.2) is 6.67 Å². The van der Waals surface area contributed by atoms with Crippen molar-refractivity contribution < 1.29 is 28.7 Å². The second-order valence-electron chi connectivity index (χ2n) is 9.81. The summed E-state index contributed by atoms with van der Waals surface area (Å²) in [6.45, 7) is 7.29. The molecule has 1 amide bonds. The van der Waals surface area contributed by atoms with Gasteiger partial charge in [0.05, 0.1) is 44.5 Å². The summed E-state index contributed by atoms with van der Waals surface area (Å²) < 4.78 is 17.9. The van der Waals surface area contributed by atoms with Gasteiger partial charge in [-0.2, -0.15) is 0 Å². The van der Waals surface area contributed by atoms with E-state index in [0.717, 1.165) is 42.7 Å². The van der Waals surface area contributed by atoms with E-state index in [1.165, 1.54) is 4.90 Å². The van der Waals surface area contributed by atoms with E-state index >= 15 is 0 Å². The molecule has 0 unspecified atom stereocenters. The largest absolute Gasteiger partial charge is 0.466 e. The van der Waals surface area contributed by atoms with Crippen LogP contribution in [0.2, 0.25) is 0 Å². The minimum absolute atomic E-state index is 0.0442.